The molecule has 1 atom stereocenters. The van der Waals surface area contributed by atoms with Gasteiger partial charge in [0.05, 0.1) is 39.9 Å². The van der Waals surface area contributed by atoms with Gasteiger partial charge < -0.3 is 14.5 Å². The van der Waals surface area contributed by atoms with Crippen LogP contribution in [0.1, 0.15) is 49.8 Å². The van der Waals surface area contributed by atoms with Crippen LogP contribution in [0.25, 0.3) is 43.8 Å². The molecule has 3 aromatic heterocycles. The Labute approximate surface area is 265 Å². The number of aryl methyl sites for hydroxylation is 1. The molecule has 1 amide bonds. The fourth-order valence-corrected chi connectivity index (χ4v) is 7.27. The number of nitrogens with one attached hydrogen (secondary N) is 1. The molecule has 0 saturated carbocycles. The first-order chi connectivity index (χ1) is 21.8. The summed E-state index contributed by atoms with van der Waals surface area (Å²) in [5, 5.41) is 14.4. The van der Waals surface area contributed by atoms with E-state index in [1.807, 2.05) is 24.6 Å². The van der Waals surface area contributed by atoms with Crippen LogP contribution < -0.4 is 4.74 Å². The summed E-state index contributed by atoms with van der Waals surface area (Å²) in [4.78, 5) is 21.3. The van der Waals surface area contributed by atoms with Crippen molar-refractivity contribution in [1.29, 1.82) is 0 Å². The number of aromatic nitrogens is 5. The number of pyridine rings is 1. The summed E-state index contributed by atoms with van der Waals surface area (Å²) in [7, 11) is 2.10. The largest absolute Gasteiger partial charge is 0.475 e. The number of aromatic amines is 1. The molecular formula is C34H35ClFN7O2. The number of ether oxygens (including phenoxy) is 1. The van der Waals surface area contributed by atoms with Gasteiger partial charge in [0.1, 0.15) is 12.1 Å². The second kappa shape index (κ2) is 11.6. The van der Waals surface area contributed by atoms with Gasteiger partial charge in [0, 0.05) is 41.0 Å². The molecule has 232 valence electrons. The Bertz CT molecular complexity index is 2030. The minimum Gasteiger partial charge on any atom is -0.475 e. The number of likely N-dealkylation sites (N-methyl/N-ethyl adjacent to an activating group) is 1. The predicted molar refractivity (Wildman–Crippen MR) is 174 cm³/mol. The zero-order chi connectivity index (χ0) is 31.4. The van der Waals surface area contributed by atoms with Crippen LogP contribution in [-0.2, 0) is 4.79 Å². The van der Waals surface area contributed by atoms with Gasteiger partial charge in [-0.25, -0.2) is 9.37 Å². The molecule has 2 aliphatic rings. The number of amides is 1. The van der Waals surface area contributed by atoms with Gasteiger partial charge in [0.15, 0.2) is 5.82 Å². The van der Waals surface area contributed by atoms with E-state index in [9.17, 15) is 4.79 Å². The maximum Gasteiger partial charge on any atom is 0.298 e. The molecule has 11 heteroatoms. The van der Waals surface area contributed by atoms with Crippen LogP contribution in [0.15, 0.2) is 24.5 Å². The Kier molecular flexibility index (Phi) is 7.62. The lowest BCUT2D eigenvalue weighted by atomic mass is 9.92. The molecule has 0 spiro atoms. The molecule has 2 saturated heterocycles. The van der Waals surface area contributed by atoms with Gasteiger partial charge in [-0.15, -0.1) is 0 Å². The number of benzene rings is 2. The monoisotopic (exact) mass is 627 g/mol. The van der Waals surface area contributed by atoms with Crippen LogP contribution in [0.5, 0.6) is 5.88 Å². The smallest absolute Gasteiger partial charge is 0.298 e. The Morgan fingerprint density at radius 2 is 1.91 bits per heavy atom. The van der Waals surface area contributed by atoms with Gasteiger partial charge in [-0.05, 0) is 89.2 Å². The molecule has 2 aromatic carbocycles. The van der Waals surface area contributed by atoms with Gasteiger partial charge in [-0.1, -0.05) is 17.5 Å². The summed E-state index contributed by atoms with van der Waals surface area (Å²) < 4.78 is 25.4. The number of likely N-dealkylation sites (tertiary alicyclic amines) is 2. The van der Waals surface area contributed by atoms with Gasteiger partial charge in [0.2, 0.25) is 5.88 Å². The average Bonchev–Trinajstić information content (AvgIpc) is 3.78. The first-order valence-electron chi connectivity index (χ1n) is 15.4. The molecule has 0 bridgehead atoms. The molecule has 2 fully saturated rings. The fraction of sp³-hybridized carbons (Fsp3) is 0.412. The predicted octanol–water partition coefficient (Wildman–Crippen LogP) is 6.20. The van der Waals surface area contributed by atoms with Crippen LogP contribution in [0.4, 0.5) is 4.39 Å². The summed E-state index contributed by atoms with van der Waals surface area (Å²) in [6.45, 7) is 8.22. The molecule has 0 aliphatic carbocycles. The van der Waals surface area contributed by atoms with Crippen molar-refractivity contribution in [3.8, 4) is 28.8 Å². The van der Waals surface area contributed by atoms with Crippen molar-refractivity contribution in [2.45, 2.75) is 58.5 Å². The van der Waals surface area contributed by atoms with Crippen LogP contribution in [0.3, 0.4) is 0 Å². The van der Waals surface area contributed by atoms with Crippen molar-refractivity contribution < 1.29 is 13.9 Å². The number of nitrogens with zero attached hydrogens (tertiary/aromatic N) is 6. The average molecular weight is 628 g/mol. The Balaban J connectivity index is 1.40. The van der Waals surface area contributed by atoms with E-state index in [0.717, 1.165) is 46.9 Å². The number of piperidine rings is 1. The third-order valence-corrected chi connectivity index (χ3v) is 9.91. The second-order valence-electron chi connectivity index (χ2n) is 12.2. The molecule has 1 unspecified atom stereocenters. The first-order valence-corrected chi connectivity index (χ1v) is 15.8. The lowest BCUT2D eigenvalue weighted by Gasteiger charge is -2.31. The highest BCUT2D eigenvalue weighted by atomic mass is 35.5. The number of hydrogen-bond donors (Lipinski definition) is 1. The number of carbonyl (C=O) groups excluding carboxylic acids is 1. The SMILES string of the molecule is CC#CC(=O)N1CCC(n2ncc3c(OCC4CCCN4C)nc4c(F)c(-c5c(C)c(C)cc6[nH]ncc56)c(Cl)cc4c32)CC1. The van der Waals surface area contributed by atoms with E-state index in [2.05, 4.69) is 34.0 Å². The van der Waals surface area contributed by atoms with E-state index >= 15 is 4.39 Å². The highest BCUT2D eigenvalue weighted by Gasteiger charge is 2.30. The van der Waals surface area contributed by atoms with E-state index < -0.39 is 5.82 Å². The number of H-pyrrole nitrogens is 1. The van der Waals surface area contributed by atoms with Crippen molar-refractivity contribution in [3.63, 3.8) is 0 Å². The van der Waals surface area contributed by atoms with E-state index in [-0.39, 0.29) is 28.5 Å². The molecule has 9 nitrogen and oxygen atoms in total. The standard InChI is InChI=1S/C34H35ClFN7O2/c1-5-7-28(44)42-12-9-21(10-13-42)43-33-23-15-26(35)30(29-20(3)19(2)14-27-24(29)16-37-40-27)31(36)32(23)39-34(25(33)17-38-43)45-18-22-8-6-11-41(22)4/h14-17,21-22H,6,8-13,18H2,1-4H3,(H,37,40). The number of fused-ring (bicyclic) bond motifs is 4. The minimum atomic E-state index is -0.509. The van der Waals surface area contributed by atoms with Crippen molar-refractivity contribution in [2.75, 3.05) is 33.3 Å². The molecule has 1 N–H and O–H groups in total. The van der Waals surface area contributed by atoms with E-state index in [1.165, 1.54) is 0 Å². The molecule has 5 heterocycles. The maximum absolute atomic E-state index is 17.0. The van der Waals surface area contributed by atoms with Crippen molar-refractivity contribution >= 4 is 50.2 Å². The van der Waals surface area contributed by atoms with Crippen LogP contribution in [0.2, 0.25) is 5.02 Å². The second-order valence-corrected chi connectivity index (χ2v) is 12.6. The molecule has 0 radical (unpaired) electrons. The zero-order valence-electron chi connectivity index (χ0n) is 25.9. The van der Waals surface area contributed by atoms with Gasteiger partial charge in [-0.2, -0.15) is 10.2 Å². The quantitative estimate of drug-likeness (QED) is 0.234. The van der Waals surface area contributed by atoms with Crippen LogP contribution >= 0.6 is 11.6 Å². The van der Waals surface area contributed by atoms with Crippen LogP contribution in [-0.4, -0.2) is 80.0 Å². The van der Waals surface area contributed by atoms with Crippen LogP contribution in [0, 0.1) is 31.5 Å². The van der Waals surface area contributed by atoms with E-state index in [1.54, 1.807) is 30.3 Å². The third-order valence-electron chi connectivity index (χ3n) is 9.62. The number of hydrogen-bond acceptors (Lipinski definition) is 6. The van der Waals surface area contributed by atoms with Crippen molar-refractivity contribution in [1.82, 2.24) is 34.8 Å². The summed E-state index contributed by atoms with van der Waals surface area (Å²) in [6.07, 6.45) is 7.00. The van der Waals surface area contributed by atoms with Crippen molar-refractivity contribution in [2.24, 2.45) is 0 Å². The molecule has 2 aliphatic heterocycles. The molecule has 45 heavy (non-hydrogen) atoms. The van der Waals surface area contributed by atoms with Gasteiger partial charge in [0.25, 0.3) is 5.91 Å². The Morgan fingerprint density at radius 1 is 1.11 bits per heavy atom. The number of carbonyl (C=O) groups is 1. The highest BCUT2D eigenvalue weighted by molar-refractivity contribution is 6.35. The van der Waals surface area contributed by atoms with Crippen molar-refractivity contribution in [3.05, 3.63) is 46.5 Å². The fourth-order valence-electron chi connectivity index (χ4n) is 6.98. The summed E-state index contributed by atoms with van der Waals surface area (Å²) in [5.74, 6) is 5.02. The molecular weight excluding hydrogens is 593 g/mol. The van der Waals surface area contributed by atoms with Gasteiger partial charge in [-0.3, -0.25) is 14.6 Å². The normalized spacial score (nSPS) is 17.8. The molecule has 5 aromatic rings. The van der Waals surface area contributed by atoms with Gasteiger partial charge >= 0.3 is 0 Å². The summed E-state index contributed by atoms with van der Waals surface area (Å²) >= 11 is 7.01. The van der Waals surface area contributed by atoms with E-state index in [0.29, 0.717) is 60.3 Å². The molecule has 7 rings (SSSR count). The third kappa shape index (κ3) is 4.99. The topological polar surface area (TPSA) is 92.2 Å². The Hall–Kier alpha value is -4.20. The maximum atomic E-state index is 17.0. The highest BCUT2D eigenvalue weighted by Crippen LogP contribution is 2.44. The zero-order valence-corrected chi connectivity index (χ0v) is 26.6. The summed E-state index contributed by atoms with van der Waals surface area (Å²) in [6, 6.07) is 4.07. The first kappa shape index (κ1) is 29.5. The van der Waals surface area contributed by atoms with E-state index in [4.69, 9.17) is 26.4 Å². The number of rotatable bonds is 5. The lowest BCUT2D eigenvalue weighted by molar-refractivity contribution is -0.126. The summed E-state index contributed by atoms with van der Waals surface area (Å²) in [5.41, 5.74) is 4.63. The number of halogens is 2. The minimum absolute atomic E-state index is 0.00774. The lowest BCUT2D eigenvalue weighted by Crippen LogP contribution is -2.38. The Morgan fingerprint density at radius 3 is 2.64 bits per heavy atom.